The second kappa shape index (κ2) is 8.62. The molecule has 0 aliphatic rings. The number of nitrogens with two attached hydrogens (primary N) is 1. The maximum atomic E-state index is 12.7. The molecule has 0 radical (unpaired) electrons. The van der Waals surface area contributed by atoms with Gasteiger partial charge in [0, 0.05) is 6.54 Å². The van der Waals surface area contributed by atoms with E-state index in [1.807, 2.05) is 6.92 Å². The summed E-state index contributed by atoms with van der Waals surface area (Å²) in [7, 11) is 0. The Balaban J connectivity index is 2.12. The van der Waals surface area contributed by atoms with Gasteiger partial charge in [-0.25, -0.2) is 4.39 Å². The molecule has 0 heterocycles. The second-order valence-corrected chi connectivity index (χ2v) is 5.43. The summed E-state index contributed by atoms with van der Waals surface area (Å²) < 4.78 is 18.2. The number of hydrogen-bond donors (Lipinski definition) is 2. The van der Waals surface area contributed by atoms with Gasteiger partial charge in [0.15, 0.2) is 0 Å². The van der Waals surface area contributed by atoms with Crippen LogP contribution in [0.25, 0.3) is 0 Å². The number of hydrogen-bond acceptors (Lipinski definition) is 3. The molecule has 0 spiro atoms. The Morgan fingerprint density at radius 2 is 2.00 bits per heavy atom. The Morgan fingerprint density at radius 1 is 1.33 bits per heavy atom. The van der Waals surface area contributed by atoms with Gasteiger partial charge in [-0.05, 0) is 50.5 Å². The number of amides is 1. The minimum Gasteiger partial charge on any atom is -0.494 e. The van der Waals surface area contributed by atoms with Gasteiger partial charge in [-0.3, -0.25) is 4.79 Å². The summed E-state index contributed by atoms with van der Waals surface area (Å²) in [6.07, 6.45) is 3.18. The first-order valence-corrected chi connectivity index (χ1v) is 7.41. The lowest BCUT2D eigenvalue weighted by Gasteiger charge is -2.22. The summed E-state index contributed by atoms with van der Waals surface area (Å²) in [5, 5.41) is 2.84. The zero-order chi connectivity index (χ0) is 15.7. The van der Waals surface area contributed by atoms with E-state index < -0.39 is 5.54 Å². The molecule has 0 bridgehead atoms. The van der Waals surface area contributed by atoms with E-state index >= 15 is 0 Å². The molecule has 0 aliphatic carbocycles. The molecule has 118 valence electrons. The normalized spacial score (nSPS) is 13.5. The summed E-state index contributed by atoms with van der Waals surface area (Å²) in [6.45, 7) is 4.88. The maximum Gasteiger partial charge on any atom is 0.239 e. The molecule has 1 aromatic rings. The van der Waals surface area contributed by atoms with Gasteiger partial charge in [0.2, 0.25) is 5.91 Å². The minimum atomic E-state index is -0.792. The highest BCUT2D eigenvalue weighted by Gasteiger charge is 2.26. The molecule has 5 heteroatoms. The Kier molecular flexibility index (Phi) is 7.15. The SMILES string of the molecule is CCCC(C)(N)C(=O)NCCCCOc1ccc(F)cc1. The van der Waals surface area contributed by atoms with E-state index in [2.05, 4.69) is 5.32 Å². The van der Waals surface area contributed by atoms with Crippen molar-refractivity contribution in [3.05, 3.63) is 30.1 Å². The highest BCUT2D eigenvalue weighted by molar-refractivity contribution is 5.85. The number of carbonyl (C=O) groups is 1. The third kappa shape index (κ3) is 6.58. The van der Waals surface area contributed by atoms with Gasteiger partial charge in [-0.15, -0.1) is 0 Å². The molecule has 0 aliphatic heterocycles. The predicted octanol–water partition coefficient (Wildman–Crippen LogP) is 2.62. The molecular formula is C16H25FN2O2. The first-order valence-electron chi connectivity index (χ1n) is 7.41. The average molecular weight is 296 g/mol. The van der Waals surface area contributed by atoms with Gasteiger partial charge in [0.25, 0.3) is 0 Å². The number of halogens is 1. The fraction of sp³-hybridized carbons (Fsp3) is 0.562. The van der Waals surface area contributed by atoms with E-state index in [4.69, 9.17) is 10.5 Å². The van der Waals surface area contributed by atoms with Crippen molar-refractivity contribution in [1.29, 1.82) is 0 Å². The van der Waals surface area contributed by atoms with Crippen molar-refractivity contribution in [3.63, 3.8) is 0 Å². The Labute approximate surface area is 125 Å². The molecule has 1 amide bonds. The van der Waals surface area contributed by atoms with E-state index in [9.17, 15) is 9.18 Å². The van der Waals surface area contributed by atoms with E-state index in [-0.39, 0.29) is 11.7 Å². The summed E-state index contributed by atoms with van der Waals surface area (Å²) >= 11 is 0. The van der Waals surface area contributed by atoms with Gasteiger partial charge in [-0.2, -0.15) is 0 Å². The molecule has 0 saturated heterocycles. The lowest BCUT2D eigenvalue weighted by molar-refractivity contribution is -0.126. The monoisotopic (exact) mass is 296 g/mol. The van der Waals surface area contributed by atoms with E-state index in [1.165, 1.54) is 12.1 Å². The van der Waals surface area contributed by atoms with Crippen LogP contribution in [-0.2, 0) is 4.79 Å². The molecule has 0 saturated carbocycles. The van der Waals surface area contributed by atoms with Crippen molar-refractivity contribution in [2.75, 3.05) is 13.2 Å². The number of carbonyl (C=O) groups excluding carboxylic acids is 1. The molecule has 21 heavy (non-hydrogen) atoms. The first kappa shape index (κ1) is 17.4. The maximum absolute atomic E-state index is 12.7. The Hall–Kier alpha value is -1.62. The third-order valence-corrected chi connectivity index (χ3v) is 3.23. The quantitative estimate of drug-likeness (QED) is 0.689. The van der Waals surface area contributed by atoms with Gasteiger partial charge < -0.3 is 15.8 Å². The molecule has 4 nitrogen and oxygen atoms in total. The van der Waals surface area contributed by atoms with Crippen molar-refractivity contribution in [2.45, 2.75) is 45.1 Å². The smallest absolute Gasteiger partial charge is 0.239 e. The Bertz CT molecular complexity index is 432. The van der Waals surface area contributed by atoms with Crippen LogP contribution in [0.4, 0.5) is 4.39 Å². The average Bonchev–Trinajstić information content (AvgIpc) is 2.44. The fourth-order valence-corrected chi connectivity index (χ4v) is 1.98. The summed E-state index contributed by atoms with van der Waals surface area (Å²) in [4.78, 5) is 11.8. The summed E-state index contributed by atoms with van der Waals surface area (Å²) in [5.41, 5.74) is 5.14. The van der Waals surface area contributed by atoms with Crippen molar-refractivity contribution in [1.82, 2.24) is 5.32 Å². The van der Waals surface area contributed by atoms with Gasteiger partial charge in [0.1, 0.15) is 11.6 Å². The topological polar surface area (TPSA) is 64.4 Å². The van der Waals surface area contributed by atoms with Crippen LogP contribution in [0.3, 0.4) is 0 Å². The number of benzene rings is 1. The number of unbranched alkanes of at least 4 members (excludes halogenated alkanes) is 1. The van der Waals surface area contributed by atoms with Crippen LogP contribution in [0.5, 0.6) is 5.75 Å². The van der Waals surface area contributed by atoms with E-state index in [1.54, 1.807) is 19.1 Å². The molecule has 3 N–H and O–H groups in total. The second-order valence-electron chi connectivity index (χ2n) is 5.43. The van der Waals surface area contributed by atoms with Crippen molar-refractivity contribution in [3.8, 4) is 5.75 Å². The van der Waals surface area contributed by atoms with E-state index in [0.717, 1.165) is 19.3 Å². The van der Waals surface area contributed by atoms with Crippen molar-refractivity contribution < 1.29 is 13.9 Å². The van der Waals surface area contributed by atoms with Crippen LogP contribution < -0.4 is 15.8 Å². The number of nitrogens with one attached hydrogen (secondary N) is 1. The van der Waals surface area contributed by atoms with E-state index in [0.29, 0.717) is 25.3 Å². The fourth-order valence-electron chi connectivity index (χ4n) is 1.98. The van der Waals surface area contributed by atoms with Crippen molar-refractivity contribution >= 4 is 5.91 Å². The van der Waals surface area contributed by atoms with Crippen LogP contribution >= 0.6 is 0 Å². The highest BCUT2D eigenvalue weighted by Crippen LogP contribution is 2.11. The van der Waals surface area contributed by atoms with Crippen molar-refractivity contribution in [2.24, 2.45) is 5.73 Å². The molecule has 1 aromatic carbocycles. The molecular weight excluding hydrogens is 271 g/mol. The molecule has 1 unspecified atom stereocenters. The molecule has 0 fully saturated rings. The number of rotatable bonds is 9. The van der Waals surface area contributed by atoms with Crippen LogP contribution in [0.15, 0.2) is 24.3 Å². The van der Waals surface area contributed by atoms with Crippen LogP contribution in [-0.4, -0.2) is 24.6 Å². The molecule has 1 rings (SSSR count). The van der Waals surface area contributed by atoms with Gasteiger partial charge in [-0.1, -0.05) is 13.3 Å². The summed E-state index contributed by atoms with van der Waals surface area (Å²) in [6, 6.07) is 5.93. The third-order valence-electron chi connectivity index (χ3n) is 3.23. The van der Waals surface area contributed by atoms with Crippen LogP contribution in [0.2, 0.25) is 0 Å². The zero-order valence-electron chi connectivity index (χ0n) is 12.8. The van der Waals surface area contributed by atoms with Gasteiger partial charge >= 0.3 is 0 Å². The van der Waals surface area contributed by atoms with Crippen LogP contribution in [0, 0.1) is 5.82 Å². The molecule has 1 atom stereocenters. The highest BCUT2D eigenvalue weighted by atomic mass is 19.1. The zero-order valence-corrected chi connectivity index (χ0v) is 12.8. The number of ether oxygens (including phenoxy) is 1. The van der Waals surface area contributed by atoms with Gasteiger partial charge in [0.05, 0.1) is 12.1 Å². The minimum absolute atomic E-state index is 0.108. The Morgan fingerprint density at radius 3 is 2.62 bits per heavy atom. The summed E-state index contributed by atoms with van der Waals surface area (Å²) in [5.74, 6) is 0.267. The molecule has 0 aromatic heterocycles. The van der Waals surface area contributed by atoms with Crippen LogP contribution in [0.1, 0.15) is 39.5 Å². The first-order chi connectivity index (χ1) is 9.95. The standard InChI is InChI=1S/C16H25FN2O2/c1-3-10-16(2,18)15(20)19-11-4-5-12-21-14-8-6-13(17)7-9-14/h6-9H,3-5,10-12,18H2,1-2H3,(H,19,20). The lowest BCUT2D eigenvalue weighted by atomic mass is 9.96. The predicted molar refractivity (Wildman–Crippen MR) is 81.6 cm³/mol. The largest absolute Gasteiger partial charge is 0.494 e. The lowest BCUT2D eigenvalue weighted by Crippen LogP contribution is -2.51.